The number of aromatic nitrogens is 1. The Morgan fingerprint density at radius 1 is 1.52 bits per heavy atom. The molecule has 0 aliphatic carbocycles. The van der Waals surface area contributed by atoms with Crippen LogP contribution in [0.4, 0.5) is 0 Å². The predicted molar refractivity (Wildman–Crippen MR) is 80.9 cm³/mol. The van der Waals surface area contributed by atoms with Crippen molar-refractivity contribution in [3.8, 4) is 10.6 Å². The smallest absolute Gasteiger partial charge is 0.328 e. The number of amides is 1. The summed E-state index contributed by atoms with van der Waals surface area (Å²) in [6.45, 7) is 1.64. The molecule has 21 heavy (non-hydrogen) atoms. The first kappa shape index (κ1) is 15.6. The highest BCUT2D eigenvalue weighted by Gasteiger charge is 2.23. The number of carbonyl (C=O) groups is 2. The van der Waals surface area contributed by atoms with Crippen molar-refractivity contribution in [2.24, 2.45) is 0 Å². The van der Waals surface area contributed by atoms with Crippen LogP contribution in [-0.4, -0.2) is 41.7 Å². The quantitative estimate of drug-likeness (QED) is 0.848. The fourth-order valence-electron chi connectivity index (χ4n) is 1.68. The molecule has 0 spiro atoms. The van der Waals surface area contributed by atoms with Crippen molar-refractivity contribution in [2.75, 3.05) is 13.7 Å². The Hall–Kier alpha value is -1.77. The second-order valence-corrected chi connectivity index (χ2v) is 6.04. The van der Waals surface area contributed by atoms with Crippen molar-refractivity contribution in [3.63, 3.8) is 0 Å². The third-order valence-electron chi connectivity index (χ3n) is 2.71. The van der Waals surface area contributed by atoms with Gasteiger partial charge in [-0.15, -0.1) is 11.3 Å². The molecule has 0 saturated carbocycles. The van der Waals surface area contributed by atoms with E-state index < -0.39 is 17.9 Å². The van der Waals surface area contributed by atoms with Gasteiger partial charge in [-0.2, -0.15) is 11.3 Å². The van der Waals surface area contributed by atoms with Crippen molar-refractivity contribution in [1.82, 2.24) is 10.3 Å². The van der Waals surface area contributed by atoms with Gasteiger partial charge >= 0.3 is 5.97 Å². The number of ether oxygens (including phenoxy) is 1. The summed E-state index contributed by atoms with van der Waals surface area (Å²) >= 11 is 2.80. The lowest BCUT2D eigenvalue weighted by Gasteiger charge is -2.12. The number of methoxy groups -OCH3 is 1. The zero-order valence-corrected chi connectivity index (χ0v) is 13.1. The van der Waals surface area contributed by atoms with Gasteiger partial charge in [-0.25, -0.2) is 9.78 Å². The molecular formula is C13H14N2O4S2. The van der Waals surface area contributed by atoms with E-state index in [9.17, 15) is 9.59 Å². The van der Waals surface area contributed by atoms with Crippen LogP contribution in [0.1, 0.15) is 15.4 Å². The van der Waals surface area contributed by atoms with E-state index >= 15 is 0 Å². The number of hydrogen-bond acceptors (Lipinski definition) is 6. The summed E-state index contributed by atoms with van der Waals surface area (Å²) in [7, 11) is 1.38. The van der Waals surface area contributed by atoms with Crippen molar-refractivity contribution in [2.45, 2.75) is 13.0 Å². The van der Waals surface area contributed by atoms with E-state index in [2.05, 4.69) is 10.3 Å². The Balaban J connectivity index is 2.18. The average molecular weight is 326 g/mol. The normalized spacial score (nSPS) is 12.1. The van der Waals surface area contributed by atoms with Gasteiger partial charge in [-0.05, 0) is 18.4 Å². The SMILES string of the molecule is COCC(NC(=O)c1sc(-c2ccsc2)nc1C)C(=O)O. The molecule has 2 N–H and O–H groups in total. The lowest BCUT2D eigenvalue weighted by atomic mass is 10.3. The molecule has 1 amide bonds. The summed E-state index contributed by atoms with van der Waals surface area (Å²) in [6, 6.07) is 0.851. The first-order chi connectivity index (χ1) is 10.0. The van der Waals surface area contributed by atoms with Gasteiger partial charge in [-0.3, -0.25) is 4.79 Å². The Morgan fingerprint density at radius 3 is 2.86 bits per heavy atom. The molecule has 0 aromatic carbocycles. The van der Waals surface area contributed by atoms with E-state index in [1.807, 2.05) is 16.8 Å². The van der Waals surface area contributed by atoms with Gasteiger partial charge in [0, 0.05) is 18.1 Å². The molecule has 6 nitrogen and oxygen atoms in total. The van der Waals surface area contributed by atoms with Gasteiger partial charge in [0.25, 0.3) is 5.91 Å². The highest BCUT2D eigenvalue weighted by Crippen LogP contribution is 2.29. The van der Waals surface area contributed by atoms with Gasteiger partial charge in [0.1, 0.15) is 9.88 Å². The molecule has 0 saturated heterocycles. The zero-order valence-electron chi connectivity index (χ0n) is 11.5. The van der Waals surface area contributed by atoms with Gasteiger partial charge in [0.15, 0.2) is 6.04 Å². The minimum atomic E-state index is -1.13. The van der Waals surface area contributed by atoms with Crippen LogP contribution < -0.4 is 5.32 Å². The molecule has 2 aromatic rings. The number of carboxylic acids is 1. The summed E-state index contributed by atoms with van der Waals surface area (Å²) in [4.78, 5) is 28.0. The first-order valence-corrected chi connectivity index (χ1v) is 7.81. The van der Waals surface area contributed by atoms with Crippen molar-refractivity contribution < 1.29 is 19.4 Å². The number of carbonyl (C=O) groups excluding carboxylic acids is 1. The lowest BCUT2D eigenvalue weighted by Crippen LogP contribution is -2.43. The van der Waals surface area contributed by atoms with E-state index in [0.717, 1.165) is 10.6 Å². The summed E-state index contributed by atoms with van der Waals surface area (Å²) in [6.07, 6.45) is 0. The second kappa shape index (κ2) is 6.79. The van der Waals surface area contributed by atoms with Crippen LogP contribution in [0.25, 0.3) is 10.6 Å². The maximum Gasteiger partial charge on any atom is 0.328 e. The Bertz CT molecular complexity index is 637. The largest absolute Gasteiger partial charge is 0.480 e. The minimum absolute atomic E-state index is 0.0870. The van der Waals surface area contributed by atoms with E-state index in [1.165, 1.54) is 18.4 Å². The molecule has 1 unspecified atom stereocenters. The van der Waals surface area contributed by atoms with E-state index in [1.54, 1.807) is 18.3 Å². The minimum Gasteiger partial charge on any atom is -0.480 e. The number of rotatable bonds is 6. The lowest BCUT2D eigenvalue weighted by molar-refractivity contribution is -0.140. The standard InChI is InChI=1S/C13H14N2O4S2/c1-7-10(11(16)15-9(5-19-2)13(17)18)21-12(14-7)8-3-4-20-6-8/h3-4,6,9H,5H2,1-2H3,(H,15,16)(H,17,18). The molecule has 2 aromatic heterocycles. The molecule has 0 radical (unpaired) electrons. The van der Waals surface area contributed by atoms with Crippen LogP contribution in [0.2, 0.25) is 0 Å². The van der Waals surface area contributed by atoms with Crippen LogP contribution in [0.15, 0.2) is 16.8 Å². The molecule has 0 aliphatic rings. The van der Waals surface area contributed by atoms with Crippen LogP contribution in [0.5, 0.6) is 0 Å². The number of nitrogens with one attached hydrogen (secondary N) is 1. The van der Waals surface area contributed by atoms with E-state index in [0.29, 0.717) is 10.6 Å². The molecule has 2 heterocycles. The number of hydrogen-bond donors (Lipinski definition) is 2. The highest BCUT2D eigenvalue weighted by molar-refractivity contribution is 7.17. The van der Waals surface area contributed by atoms with Gasteiger partial charge in [0.2, 0.25) is 0 Å². The Kier molecular flexibility index (Phi) is 5.05. The molecule has 0 aliphatic heterocycles. The molecule has 2 rings (SSSR count). The highest BCUT2D eigenvalue weighted by atomic mass is 32.1. The molecule has 8 heteroatoms. The first-order valence-electron chi connectivity index (χ1n) is 6.05. The second-order valence-electron chi connectivity index (χ2n) is 4.27. The molecule has 1 atom stereocenters. The topological polar surface area (TPSA) is 88.5 Å². The number of thiazole rings is 1. The van der Waals surface area contributed by atoms with Crippen LogP contribution in [0, 0.1) is 6.92 Å². The van der Waals surface area contributed by atoms with Gasteiger partial charge in [0.05, 0.1) is 12.3 Å². The summed E-state index contributed by atoms with van der Waals surface area (Å²) in [5.41, 5.74) is 1.54. The maximum absolute atomic E-state index is 12.2. The van der Waals surface area contributed by atoms with Crippen molar-refractivity contribution in [3.05, 3.63) is 27.4 Å². The average Bonchev–Trinajstić information content (AvgIpc) is 3.06. The van der Waals surface area contributed by atoms with E-state index in [-0.39, 0.29) is 6.61 Å². The summed E-state index contributed by atoms with van der Waals surface area (Å²) in [5, 5.41) is 16.1. The summed E-state index contributed by atoms with van der Waals surface area (Å²) < 4.78 is 4.79. The van der Waals surface area contributed by atoms with Crippen molar-refractivity contribution in [1.29, 1.82) is 0 Å². The van der Waals surface area contributed by atoms with Gasteiger partial charge < -0.3 is 15.2 Å². The van der Waals surface area contributed by atoms with Crippen molar-refractivity contribution >= 4 is 34.6 Å². The Morgan fingerprint density at radius 2 is 2.29 bits per heavy atom. The fraction of sp³-hybridized carbons (Fsp3) is 0.308. The number of aliphatic carboxylic acids is 1. The number of carboxylic acid groups (broad SMARTS) is 1. The van der Waals surface area contributed by atoms with Crippen LogP contribution in [-0.2, 0) is 9.53 Å². The number of aryl methyl sites for hydroxylation is 1. The molecule has 0 bridgehead atoms. The molecule has 0 fully saturated rings. The Labute approximate surface area is 129 Å². The van der Waals surface area contributed by atoms with Crippen LogP contribution in [0.3, 0.4) is 0 Å². The fourth-order valence-corrected chi connectivity index (χ4v) is 3.36. The predicted octanol–water partition coefficient (Wildman–Crippen LogP) is 2.01. The monoisotopic (exact) mass is 326 g/mol. The molecular weight excluding hydrogens is 312 g/mol. The third kappa shape index (κ3) is 3.66. The molecule has 112 valence electrons. The number of thiophene rings is 1. The maximum atomic E-state index is 12.2. The third-order valence-corrected chi connectivity index (χ3v) is 4.60. The van der Waals surface area contributed by atoms with Crippen LogP contribution >= 0.6 is 22.7 Å². The number of nitrogens with zero attached hydrogens (tertiary/aromatic N) is 1. The zero-order chi connectivity index (χ0) is 15.4. The van der Waals surface area contributed by atoms with Gasteiger partial charge in [-0.1, -0.05) is 0 Å². The summed E-state index contributed by atoms with van der Waals surface area (Å²) in [5.74, 6) is -1.58. The van der Waals surface area contributed by atoms with E-state index in [4.69, 9.17) is 9.84 Å².